The van der Waals surface area contributed by atoms with E-state index in [0.29, 0.717) is 17.9 Å². The van der Waals surface area contributed by atoms with Crippen molar-refractivity contribution >= 4 is 25.2 Å². The molecule has 2 aliphatic rings. The normalized spacial score (nSPS) is 25.9. The van der Waals surface area contributed by atoms with Crippen LogP contribution in [0.15, 0.2) is 65.1 Å². The molecule has 6 nitrogen and oxygen atoms in total. The van der Waals surface area contributed by atoms with Crippen molar-refractivity contribution in [1.82, 2.24) is 4.90 Å². The summed E-state index contributed by atoms with van der Waals surface area (Å²) < 4.78 is 25.9. The molecule has 2 fully saturated rings. The van der Waals surface area contributed by atoms with Crippen molar-refractivity contribution < 1.29 is 23.1 Å². The Morgan fingerprint density at radius 1 is 1.00 bits per heavy atom. The number of para-hydroxylation sites is 1. The fraction of sp³-hybridized carbons (Fsp3) is 0.483. The topological polar surface area (TPSA) is 61.1 Å². The van der Waals surface area contributed by atoms with E-state index < -0.39 is 20.1 Å². The predicted octanol–water partition coefficient (Wildman–Crippen LogP) is 6.54. The van der Waals surface area contributed by atoms with Crippen LogP contribution >= 0.6 is 0 Å². The van der Waals surface area contributed by atoms with Crippen LogP contribution in [0.1, 0.15) is 56.8 Å². The lowest BCUT2D eigenvalue weighted by molar-refractivity contribution is -0.167. The van der Waals surface area contributed by atoms with Crippen LogP contribution in [0.3, 0.4) is 0 Å². The molecule has 4 atom stereocenters. The molecule has 0 radical (unpaired) electrons. The number of rotatable bonds is 5. The molecule has 0 spiro atoms. The van der Waals surface area contributed by atoms with Gasteiger partial charge in [0.1, 0.15) is 29.6 Å². The summed E-state index contributed by atoms with van der Waals surface area (Å²) in [7, 11) is -2.08. The lowest BCUT2D eigenvalue weighted by Gasteiger charge is -2.39. The molecule has 2 saturated heterocycles. The molecular weight excluding hydrogens is 470 g/mol. The van der Waals surface area contributed by atoms with E-state index in [2.05, 4.69) is 33.9 Å². The third-order valence-electron chi connectivity index (χ3n) is 7.92. The zero-order valence-corrected chi connectivity index (χ0v) is 23.3. The predicted molar refractivity (Wildman–Crippen MR) is 142 cm³/mol. The van der Waals surface area contributed by atoms with Gasteiger partial charge in [0.25, 0.3) is 5.91 Å². The van der Waals surface area contributed by atoms with Crippen LogP contribution in [-0.4, -0.2) is 49.8 Å². The molecular formula is C29H37NO5Si. The van der Waals surface area contributed by atoms with Crippen LogP contribution in [0.5, 0.6) is 0 Å². The Morgan fingerprint density at radius 3 is 2.31 bits per heavy atom. The molecule has 1 amide bonds. The number of likely N-dealkylation sites (tertiary alicyclic amines) is 1. The fourth-order valence-corrected chi connectivity index (χ4v) is 6.04. The second-order valence-electron chi connectivity index (χ2n) is 11.9. The van der Waals surface area contributed by atoms with Crippen LogP contribution < -0.4 is 0 Å². The first-order valence-electron chi connectivity index (χ1n) is 12.7. The summed E-state index contributed by atoms with van der Waals surface area (Å²) in [6.45, 7) is 15.4. The van der Waals surface area contributed by atoms with Crippen LogP contribution in [-0.2, 0) is 13.9 Å². The van der Waals surface area contributed by atoms with Gasteiger partial charge in [0.05, 0.1) is 12.6 Å². The van der Waals surface area contributed by atoms with Crippen LogP contribution in [0.25, 0.3) is 11.0 Å². The van der Waals surface area contributed by atoms with Gasteiger partial charge in [0.15, 0.2) is 14.1 Å². The summed E-state index contributed by atoms with van der Waals surface area (Å²) in [6, 6.07) is 18.6. The maximum atomic E-state index is 14.1. The Kier molecular flexibility index (Phi) is 6.19. The largest absolute Gasteiger partial charge is 0.459 e. The van der Waals surface area contributed by atoms with E-state index in [-0.39, 0.29) is 29.2 Å². The summed E-state index contributed by atoms with van der Waals surface area (Å²) >= 11 is 0. The number of furan rings is 1. The van der Waals surface area contributed by atoms with Gasteiger partial charge < -0.3 is 23.2 Å². The van der Waals surface area contributed by atoms with E-state index in [4.69, 9.17) is 18.3 Å². The zero-order chi connectivity index (χ0) is 25.9. The van der Waals surface area contributed by atoms with E-state index in [0.717, 1.165) is 11.0 Å². The van der Waals surface area contributed by atoms with Crippen LogP contribution in [0.2, 0.25) is 18.1 Å². The summed E-state index contributed by atoms with van der Waals surface area (Å²) in [5.41, 5.74) is 1.41. The molecule has 0 bridgehead atoms. The molecule has 0 saturated carbocycles. The average Bonchev–Trinajstić information content (AvgIpc) is 3.45. The fourth-order valence-electron chi connectivity index (χ4n) is 5.02. The lowest BCUT2D eigenvalue weighted by Crippen LogP contribution is -2.49. The van der Waals surface area contributed by atoms with Gasteiger partial charge in [-0.15, -0.1) is 0 Å². The number of carbonyl (C=O) groups is 1. The molecule has 0 aliphatic carbocycles. The van der Waals surface area contributed by atoms with E-state index in [1.165, 1.54) is 0 Å². The van der Waals surface area contributed by atoms with Crippen LogP contribution in [0, 0.1) is 0 Å². The van der Waals surface area contributed by atoms with Gasteiger partial charge in [0.2, 0.25) is 0 Å². The third kappa shape index (κ3) is 4.43. The first-order valence-corrected chi connectivity index (χ1v) is 15.6. The molecule has 192 valence electrons. The van der Waals surface area contributed by atoms with E-state index in [1.54, 1.807) is 0 Å². The number of hydrogen-bond acceptors (Lipinski definition) is 5. The smallest absolute Gasteiger partial charge is 0.254 e. The minimum atomic E-state index is -2.08. The summed E-state index contributed by atoms with van der Waals surface area (Å²) in [5, 5.41) is 1.04. The Labute approximate surface area is 214 Å². The highest BCUT2D eigenvalue weighted by atomic mass is 28.4. The van der Waals surface area contributed by atoms with Crippen molar-refractivity contribution in [2.75, 3.05) is 6.61 Å². The number of fused-ring (bicyclic) bond motifs is 2. The summed E-state index contributed by atoms with van der Waals surface area (Å²) in [4.78, 5) is 16.0. The highest BCUT2D eigenvalue weighted by Crippen LogP contribution is 2.49. The second kappa shape index (κ2) is 8.84. The van der Waals surface area contributed by atoms with Gasteiger partial charge in [-0.2, -0.15) is 0 Å². The Balaban J connectivity index is 1.59. The molecule has 3 heterocycles. The van der Waals surface area contributed by atoms with Crippen molar-refractivity contribution in [3.05, 3.63) is 72.0 Å². The van der Waals surface area contributed by atoms with Gasteiger partial charge in [-0.05, 0) is 56.2 Å². The number of ether oxygens (including phenoxy) is 2. The highest BCUT2D eigenvalue weighted by molar-refractivity contribution is 6.74. The number of carbonyl (C=O) groups excluding carboxylic acids is 1. The van der Waals surface area contributed by atoms with Crippen LogP contribution in [0.4, 0.5) is 0 Å². The van der Waals surface area contributed by atoms with Gasteiger partial charge in [-0.3, -0.25) is 4.79 Å². The minimum absolute atomic E-state index is 0.0454. The Morgan fingerprint density at radius 2 is 1.64 bits per heavy atom. The molecule has 5 rings (SSSR count). The number of hydrogen-bond donors (Lipinski definition) is 0. The van der Waals surface area contributed by atoms with E-state index >= 15 is 0 Å². The standard InChI is InChI=1S/C29H37NO5Si/c1-28(2,3)36(6,7)32-18-21-25-26(35-29(4,5)34-25)24(23-17-20-15-11-12-16-22(20)33-23)30(21)27(31)19-13-9-8-10-14-19/h8-17,21,24-26H,18H2,1-7H3/t21-,24+,25+,26-/m0/s1. The zero-order valence-electron chi connectivity index (χ0n) is 22.3. The lowest BCUT2D eigenvalue weighted by atomic mass is 10.1. The Hall–Kier alpha value is -2.45. The molecule has 2 aromatic carbocycles. The van der Waals surface area contributed by atoms with Gasteiger partial charge in [-0.1, -0.05) is 57.2 Å². The first-order chi connectivity index (χ1) is 16.9. The Bertz CT molecular complexity index is 1210. The first kappa shape index (κ1) is 25.2. The molecule has 1 aromatic heterocycles. The molecule has 0 unspecified atom stereocenters. The number of nitrogens with zero attached hydrogens (tertiary/aromatic N) is 1. The van der Waals surface area contributed by atoms with Gasteiger partial charge in [0, 0.05) is 10.9 Å². The van der Waals surface area contributed by atoms with Gasteiger partial charge >= 0.3 is 0 Å². The maximum Gasteiger partial charge on any atom is 0.254 e. The SMILES string of the molecule is CC1(C)O[C@@H]2[C@H](O1)[C@H](CO[Si](C)(C)C(C)(C)C)N(C(=O)c1ccccc1)[C@@H]2c1cc2ccccc2o1. The molecule has 0 N–H and O–H groups in total. The molecule has 2 aliphatic heterocycles. The van der Waals surface area contributed by atoms with E-state index in [9.17, 15) is 4.79 Å². The molecule has 7 heteroatoms. The van der Waals surface area contributed by atoms with Gasteiger partial charge in [-0.25, -0.2) is 0 Å². The van der Waals surface area contributed by atoms with Crippen molar-refractivity contribution in [3.63, 3.8) is 0 Å². The molecule has 36 heavy (non-hydrogen) atoms. The quantitative estimate of drug-likeness (QED) is 0.367. The monoisotopic (exact) mass is 507 g/mol. The maximum absolute atomic E-state index is 14.1. The third-order valence-corrected chi connectivity index (χ3v) is 12.4. The van der Waals surface area contributed by atoms with E-state index in [1.807, 2.05) is 79.4 Å². The molecule has 3 aromatic rings. The average molecular weight is 508 g/mol. The highest BCUT2D eigenvalue weighted by Gasteiger charge is 2.61. The van der Waals surface area contributed by atoms with Crippen molar-refractivity contribution in [1.29, 1.82) is 0 Å². The number of benzene rings is 2. The van der Waals surface area contributed by atoms with Crippen molar-refractivity contribution in [3.8, 4) is 0 Å². The second-order valence-corrected chi connectivity index (χ2v) is 16.7. The summed E-state index contributed by atoms with van der Waals surface area (Å²) in [6.07, 6.45) is -0.711. The minimum Gasteiger partial charge on any atom is -0.459 e. The van der Waals surface area contributed by atoms with Crippen molar-refractivity contribution in [2.24, 2.45) is 0 Å². The number of amides is 1. The summed E-state index contributed by atoms with van der Waals surface area (Å²) in [5.74, 6) is -0.146. The van der Waals surface area contributed by atoms with Crippen molar-refractivity contribution in [2.45, 2.75) is 82.8 Å².